The van der Waals surface area contributed by atoms with E-state index in [2.05, 4.69) is 10.6 Å². The zero-order chi connectivity index (χ0) is 15.1. The molecule has 1 saturated heterocycles. The van der Waals surface area contributed by atoms with E-state index >= 15 is 0 Å². The van der Waals surface area contributed by atoms with Gasteiger partial charge in [0.15, 0.2) is 0 Å². The fraction of sp³-hybridized carbons (Fsp3) is 0.786. The van der Waals surface area contributed by atoms with Gasteiger partial charge < -0.3 is 15.5 Å². The Hall–Kier alpha value is -1.59. The second-order valence-corrected chi connectivity index (χ2v) is 5.55. The van der Waals surface area contributed by atoms with Gasteiger partial charge in [0.1, 0.15) is 6.04 Å². The Kier molecular flexibility index (Phi) is 6.48. The minimum atomic E-state index is -0.547. The van der Waals surface area contributed by atoms with Crippen molar-refractivity contribution in [1.82, 2.24) is 15.5 Å². The highest BCUT2D eigenvalue weighted by atomic mass is 16.2. The van der Waals surface area contributed by atoms with Crippen molar-refractivity contribution in [2.75, 3.05) is 19.6 Å². The molecule has 3 amide bonds. The van der Waals surface area contributed by atoms with Gasteiger partial charge in [0.05, 0.1) is 0 Å². The molecule has 1 aliphatic rings. The molecule has 20 heavy (non-hydrogen) atoms. The summed E-state index contributed by atoms with van der Waals surface area (Å²) in [6.07, 6.45) is 2.45. The minimum absolute atomic E-state index is 0.00758. The predicted octanol–water partition coefficient (Wildman–Crippen LogP) is 0.276. The third kappa shape index (κ3) is 5.19. The van der Waals surface area contributed by atoms with E-state index in [0.29, 0.717) is 13.0 Å². The van der Waals surface area contributed by atoms with Crippen molar-refractivity contribution in [3.63, 3.8) is 0 Å². The molecule has 0 bridgehead atoms. The molecular formula is C14H25N3O3. The summed E-state index contributed by atoms with van der Waals surface area (Å²) >= 11 is 0. The van der Waals surface area contributed by atoms with Crippen molar-refractivity contribution in [3.05, 3.63) is 0 Å². The third-order valence-electron chi connectivity index (χ3n) is 3.40. The van der Waals surface area contributed by atoms with E-state index in [1.54, 1.807) is 0 Å². The third-order valence-corrected chi connectivity index (χ3v) is 3.40. The number of hydrogen-bond donors (Lipinski definition) is 2. The molecule has 1 rings (SSSR count). The van der Waals surface area contributed by atoms with E-state index in [1.807, 2.05) is 18.7 Å². The first-order chi connectivity index (χ1) is 9.41. The molecule has 0 radical (unpaired) electrons. The molecular weight excluding hydrogens is 258 g/mol. The summed E-state index contributed by atoms with van der Waals surface area (Å²) in [5.74, 6) is -0.368. The monoisotopic (exact) mass is 283 g/mol. The van der Waals surface area contributed by atoms with Gasteiger partial charge in [-0.2, -0.15) is 0 Å². The van der Waals surface area contributed by atoms with Crippen molar-refractivity contribution in [2.24, 2.45) is 5.92 Å². The first kappa shape index (κ1) is 16.5. The molecule has 6 nitrogen and oxygen atoms in total. The van der Waals surface area contributed by atoms with E-state index in [1.165, 1.54) is 6.92 Å². The number of carbonyl (C=O) groups is 3. The fourth-order valence-electron chi connectivity index (χ4n) is 2.28. The number of amides is 3. The lowest BCUT2D eigenvalue weighted by Crippen LogP contribution is -2.49. The lowest BCUT2D eigenvalue weighted by atomic mass is 10.0. The predicted molar refractivity (Wildman–Crippen MR) is 75.9 cm³/mol. The average molecular weight is 283 g/mol. The van der Waals surface area contributed by atoms with Gasteiger partial charge >= 0.3 is 0 Å². The Morgan fingerprint density at radius 1 is 1.15 bits per heavy atom. The summed E-state index contributed by atoms with van der Waals surface area (Å²) < 4.78 is 0. The highest BCUT2D eigenvalue weighted by Gasteiger charge is 2.23. The molecule has 114 valence electrons. The molecule has 0 aromatic rings. The van der Waals surface area contributed by atoms with Gasteiger partial charge in [-0.1, -0.05) is 13.8 Å². The highest BCUT2D eigenvalue weighted by molar-refractivity contribution is 5.87. The van der Waals surface area contributed by atoms with E-state index in [4.69, 9.17) is 0 Å². The fourth-order valence-corrected chi connectivity index (χ4v) is 2.28. The summed E-state index contributed by atoms with van der Waals surface area (Å²) in [5.41, 5.74) is 0. The van der Waals surface area contributed by atoms with Crippen LogP contribution in [-0.4, -0.2) is 48.3 Å². The summed E-state index contributed by atoms with van der Waals surface area (Å²) in [5, 5.41) is 5.35. The normalized spacial score (nSPS) is 16.1. The summed E-state index contributed by atoms with van der Waals surface area (Å²) in [6.45, 7) is 7.10. The quantitative estimate of drug-likeness (QED) is 0.735. The van der Waals surface area contributed by atoms with Crippen molar-refractivity contribution in [2.45, 2.75) is 46.1 Å². The van der Waals surface area contributed by atoms with Crippen LogP contribution < -0.4 is 10.6 Å². The van der Waals surface area contributed by atoms with E-state index in [0.717, 1.165) is 25.9 Å². The van der Waals surface area contributed by atoms with Crippen LogP contribution >= 0.6 is 0 Å². The first-order valence-electron chi connectivity index (χ1n) is 7.24. The van der Waals surface area contributed by atoms with Gasteiger partial charge in [0.2, 0.25) is 17.7 Å². The van der Waals surface area contributed by atoms with Crippen LogP contribution in [0.3, 0.4) is 0 Å². The maximum atomic E-state index is 12.0. The van der Waals surface area contributed by atoms with Crippen LogP contribution in [0, 0.1) is 5.92 Å². The number of likely N-dealkylation sites (tertiary alicyclic amines) is 1. The SMILES string of the molecule is CC(=O)NC(C(=O)NCCC(=O)N1CCCC1)C(C)C. The largest absolute Gasteiger partial charge is 0.354 e. The maximum Gasteiger partial charge on any atom is 0.242 e. The highest BCUT2D eigenvalue weighted by Crippen LogP contribution is 2.08. The number of carbonyl (C=O) groups excluding carboxylic acids is 3. The van der Waals surface area contributed by atoms with Crippen LogP contribution in [0.5, 0.6) is 0 Å². The Balaban J connectivity index is 2.33. The number of nitrogens with one attached hydrogen (secondary N) is 2. The van der Waals surface area contributed by atoms with Gasteiger partial charge in [-0.25, -0.2) is 0 Å². The van der Waals surface area contributed by atoms with Crippen LogP contribution in [-0.2, 0) is 14.4 Å². The van der Waals surface area contributed by atoms with Crippen molar-refractivity contribution >= 4 is 17.7 Å². The molecule has 1 heterocycles. The lowest BCUT2D eigenvalue weighted by molar-refractivity contribution is -0.131. The Labute approximate surface area is 120 Å². The first-order valence-corrected chi connectivity index (χ1v) is 7.24. The zero-order valence-corrected chi connectivity index (χ0v) is 12.6. The second-order valence-electron chi connectivity index (χ2n) is 5.55. The van der Waals surface area contributed by atoms with Crippen LogP contribution in [0.15, 0.2) is 0 Å². The van der Waals surface area contributed by atoms with Gasteiger partial charge in [-0.3, -0.25) is 14.4 Å². The Morgan fingerprint density at radius 2 is 1.75 bits per heavy atom. The summed E-state index contributed by atoms with van der Waals surface area (Å²) in [6, 6.07) is -0.547. The Morgan fingerprint density at radius 3 is 2.25 bits per heavy atom. The molecule has 0 saturated carbocycles. The minimum Gasteiger partial charge on any atom is -0.354 e. The molecule has 1 fully saturated rings. The van der Waals surface area contributed by atoms with E-state index in [-0.39, 0.29) is 23.6 Å². The molecule has 1 aliphatic heterocycles. The maximum absolute atomic E-state index is 12.0. The van der Waals surface area contributed by atoms with E-state index < -0.39 is 6.04 Å². The molecule has 0 aromatic carbocycles. The molecule has 0 spiro atoms. The standard InChI is InChI=1S/C14H25N3O3/c1-10(2)13(16-11(3)18)14(20)15-7-6-12(19)17-8-4-5-9-17/h10,13H,4-9H2,1-3H3,(H,15,20)(H,16,18). The second kappa shape index (κ2) is 7.87. The molecule has 1 unspecified atom stereocenters. The van der Waals surface area contributed by atoms with Crippen LogP contribution in [0.2, 0.25) is 0 Å². The summed E-state index contributed by atoms with van der Waals surface area (Å²) in [7, 11) is 0. The van der Waals surface area contributed by atoms with Gasteiger partial charge in [-0.05, 0) is 18.8 Å². The van der Waals surface area contributed by atoms with Gasteiger partial charge in [0.25, 0.3) is 0 Å². The zero-order valence-electron chi connectivity index (χ0n) is 12.6. The van der Waals surface area contributed by atoms with Crippen LogP contribution in [0.25, 0.3) is 0 Å². The van der Waals surface area contributed by atoms with Crippen molar-refractivity contribution in [3.8, 4) is 0 Å². The molecule has 2 N–H and O–H groups in total. The number of hydrogen-bond acceptors (Lipinski definition) is 3. The van der Waals surface area contributed by atoms with E-state index in [9.17, 15) is 14.4 Å². The van der Waals surface area contributed by atoms with Crippen molar-refractivity contribution < 1.29 is 14.4 Å². The van der Waals surface area contributed by atoms with Crippen LogP contribution in [0.4, 0.5) is 0 Å². The smallest absolute Gasteiger partial charge is 0.242 e. The van der Waals surface area contributed by atoms with Gasteiger partial charge in [0, 0.05) is 33.0 Å². The topological polar surface area (TPSA) is 78.5 Å². The molecule has 0 aromatic heterocycles. The number of nitrogens with zero attached hydrogens (tertiary/aromatic N) is 1. The average Bonchev–Trinajstić information content (AvgIpc) is 2.88. The Bertz CT molecular complexity index is 363. The van der Waals surface area contributed by atoms with Gasteiger partial charge in [-0.15, -0.1) is 0 Å². The van der Waals surface area contributed by atoms with Crippen molar-refractivity contribution in [1.29, 1.82) is 0 Å². The van der Waals surface area contributed by atoms with Crippen LogP contribution in [0.1, 0.15) is 40.0 Å². The number of rotatable bonds is 6. The molecule has 6 heteroatoms. The summed E-state index contributed by atoms with van der Waals surface area (Å²) in [4.78, 5) is 36.7. The molecule has 1 atom stereocenters. The lowest BCUT2D eigenvalue weighted by Gasteiger charge is -2.21. The molecule has 0 aliphatic carbocycles.